The van der Waals surface area contributed by atoms with Crippen molar-refractivity contribution in [3.8, 4) is 33.9 Å². The molecule has 0 radical (unpaired) electrons. The molecule has 0 unspecified atom stereocenters. The highest BCUT2D eigenvalue weighted by Gasteiger charge is 2.10. The Balaban J connectivity index is 0.000000706. The average Bonchev–Trinajstić information content (AvgIpc) is 2.76. The second-order valence-electron chi connectivity index (χ2n) is 6.77. The van der Waals surface area contributed by atoms with Gasteiger partial charge in [0.2, 0.25) is 0 Å². The zero-order valence-corrected chi connectivity index (χ0v) is 16.8. The fourth-order valence-corrected chi connectivity index (χ4v) is 2.79. The molecule has 0 fully saturated rings. The number of aromatic nitrogens is 2. The van der Waals surface area contributed by atoms with E-state index < -0.39 is 0 Å². The first-order chi connectivity index (χ1) is 13.7. The largest absolute Gasteiger partial charge is 0.228 e. The van der Waals surface area contributed by atoms with E-state index in [2.05, 4.69) is 75.4 Å². The number of hydrogen-bond donors (Lipinski definition) is 0. The maximum atomic E-state index is 4.82. The van der Waals surface area contributed by atoms with Crippen molar-refractivity contribution in [2.75, 3.05) is 0 Å². The average molecular weight is 367 g/mol. The monoisotopic (exact) mass is 366 g/mol. The summed E-state index contributed by atoms with van der Waals surface area (Å²) < 4.78 is 0. The summed E-state index contributed by atoms with van der Waals surface area (Å²) in [5.74, 6) is 0.750. The third-order valence-corrected chi connectivity index (χ3v) is 4.18. The van der Waals surface area contributed by atoms with Gasteiger partial charge in [-0.3, -0.25) is 0 Å². The van der Waals surface area contributed by atoms with Crippen molar-refractivity contribution < 1.29 is 0 Å². The Morgan fingerprint density at radius 1 is 0.571 bits per heavy atom. The van der Waals surface area contributed by atoms with Gasteiger partial charge in [0.05, 0.1) is 11.4 Å². The minimum absolute atomic E-state index is 0.750. The fraction of sp³-hybridized carbons (Fsp3) is 0.154. The van der Waals surface area contributed by atoms with Crippen LogP contribution >= 0.6 is 0 Å². The van der Waals surface area contributed by atoms with Gasteiger partial charge in [-0.15, -0.1) is 0 Å². The lowest BCUT2D eigenvalue weighted by atomic mass is 10.1. The van der Waals surface area contributed by atoms with Crippen LogP contribution in [-0.2, 0) is 0 Å². The van der Waals surface area contributed by atoms with E-state index >= 15 is 0 Å². The molecule has 0 atom stereocenters. The summed E-state index contributed by atoms with van der Waals surface area (Å²) in [5, 5.41) is 0. The normalized spacial score (nSPS) is 10.1. The predicted octanol–water partition coefficient (Wildman–Crippen LogP) is 7.20. The number of hydrogen-bond acceptors (Lipinski definition) is 2. The first kappa shape index (κ1) is 19.5. The SMILES string of the molecule is CCC.Cc1ccc(-c2nc(-c3ccccc3)cc(-c3ccccc3)n2)cc1. The van der Waals surface area contributed by atoms with Crippen LogP contribution in [0.25, 0.3) is 33.9 Å². The van der Waals surface area contributed by atoms with E-state index in [1.807, 2.05) is 36.4 Å². The van der Waals surface area contributed by atoms with Crippen molar-refractivity contribution in [1.29, 1.82) is 0 Å². The Morgan fingerprint density at radius 2 is 1.00 bits per heavy atom. The van der Waals surface area contributed by atoms with Crippen molar-refractivity contribution in [3.05, 3.63) is 96.6 Å². The van der Waals surface area contributed by atoms with Crippen LogP contribution < -0.4 is 0 Å². The highest BCUT2D eigenvalue weighted by Crippen LogP contribution is 2.27. The highest BCUT2D eigenvalue weighted by molar-refractivity contribution is 5.71. The van der Waals surface area contributed by atoms with Gasteiger partial charge in [0, 0.05) is 16.7 Å². The number of benzene rings is 3. The summed E-state index contributed by atoms with van der Waals surface area (Å²) in [7, 11) is 0. The summed E-state index contributed by atoms with van der Waals surface area (Å²) in [5.41, 5.74) is 6.31. The van der Waals surface area contributed by atoms with Gasteiger partial charge in [0.15, 0.2) is 5.82 Å². The Hall–Kier alpha value is -3.26. The standard InChI is InChI=1S/C23H18N2.C3H8/c1-17-12-14-20(15-13-17)23-24-21(18-8-4-2-5-9-18)16-22(25-23)19-10-6-3-7-11-19;1-3-2/h2-16H,1H3;3H2,1-2H3. The smallest absolute Gasteiger partial charge is 0.160 e. The van der Waals surface area contributed by atoms with Gasteiger partial charge in [-0.25, -0.2) is 9.97 Å². The van der Waals surface area contributed by atoms with Gasteiger partial charge in [-0.1, -0.05) is 111 Å². The molecule has 0 aliphatic rings. The zero-order valence-electron chi connectivity index (χ0n) is 16.8. The minimum Gasteiger partial charge on any atom is -0.228 e. The molecule has 2 heteroatoms. The van der Waals surface area contributed by atoms with E-state index in [-0.39, 0.29) is 0 Å². The van der Waals surface area contributed by atoms with Gasteiger partial charge < -0.3 is 0 Å². The molecule has 28 heavy (non-hydrogen) atoms. The molecule has 0 amide bonds. The number of aryl methyl sites for hydroxylation is 1. The molecule has 0 aliphatic carbocycles. The third-order valence-electron chi connectivity index (χ3n) is 4.18. The maximum Gasteiger partial charge on any atom is 0.160 e. The lowest BCUT2D eigenvalue weighted by molar-refractivity contribution is 1.09. The van der Waals surface area contributed by atoms with E-state index in [1.54, 1.807) is 0 Å². The summed E-state index contributed by atoms with van der Waals surface area (Å²) in [6.45, 7) is 6.33. The van der Waals surface area contributed by atoms with Crippen LogP contribution in [0.2, 0.25) is 0 Å². The lowest BCUT2D eigenvalue weighted by Crippen LogP contribution is -1.95. The summed E-state index contributed by atoms with van der Waals surface area (Å²) in [6, 6.07) is 30.9. The number of rotatable bonds is 3. The van der Waals surface area contributed by atoms with Crippen molar-refractivity contribution >= 4 is 0 Å². The van der Waals surface area contributed by atoms with Gasteiger partial charge in [-0.05, 0) is 13.0 Å². The van der Waals surface area contributed by atoms with Crippen molar-refractivity contribution in [2.45, 2.75) is 27.2 Å². The van der Waals surface area contributed by atoms with E-state index in [9.17, 15) is 0 Å². The van der Waals surface area contributed by atoms with Crippen molar-refractivity contribution in [3.63, 3.8) is 0 Å². The van der Waals surface area contributed by atoms with Crippen LogP contribution in [0.15, 0.2) is 91.0 Å². The molecule has 2 nitrogen and oxygen atoms in total. The highest BCUT2D eigenvalue weighted by atomic mass is 14.9. The molecular formula is C26H26N2. The minimum atomic E-state index is 0.750. The van der Waals surface area contributed by atoms with E-state index in [0.29, 0.717) is 0 Å². The molecule has 4 aromatic rings. The maximum absolute atomic E-state index is 4.82. The molecule has 1 heterocycles. The Morgan fingerprint density at radius 3 is 1.43 bits per heavy atom. The Labute approximate surface area is 168 Å². The fourth-order valence-electron chi connectivity index (χ4n) is 2.79. The predicted molar refractivity (Wildman–Crippen MR) is 119 cm³/mol. The topological polar surface area (TPSA) is 25.8 Å². The quantitative estimate of drug-likeness (QED) is 0.383. The Bertz CT molecular complexity index is 934. The molecule has 0 N–H and O–H groups in total. The molecular weight excluding hydrogens is 340 g/mol. The second-order valence-corrected chi connectivity index (χ2v) is 6.77. The van der Waals surface area contributed by atoms with Crippen LogP contribution in [0, 0.1) is 6.92 Å². The molecule has 1 aromatic heterocycles. The van der Waals surface area contributed by atoms with Gasteiger partial charge in [0.1, 0.15) is 0 Å². The Kier molecular flexibility index (Phi) is 6.69. The summed E-state index contributed by atoms with van der Waals surface area (Å²) in [4.78, 5) is 9.64. The van der Waals surface area contributed by atoms with Gasteiger partial charge >= 0.3 is 0 Å². The molecule has 0 bridgehead atoms. The molecule has 140 valence electrons. The summed E-state index contributed by atoms with van der Waals surface area (Å²) in [6.07, 6.45) is 1.25. The van der Waals surface area contributed by atoms with Crippen LogP contribution in [0.1, 0.15) is 25.8 Å². The summed E-state index contributed by atoms with van der Waals surface area (Å²) >= 11 is 0. The van der Waals surface area contributed by atoms with Crippen molar-refractivity contribution in [2.24, 2.45) is 0 Å². The first-order valence-corrected chi connectivity index (χ1v) is 9.78. The lowest BCUT2D eigenvalue weighted by Gasteiger charge is -2.09. The third kappa shape index (κ3) is 4.92. The van der Waals surface area contributed by atoms with E-state index in [1.165, 1.54) is 12.0 Å². The molecule has 0 saturated heterocycles. The zero-order chi connectivity index (χ0) is 19.8. The van der Waals surface area contributed by atoms with Gasteiger partial charge in [0.25, 0.3) is 0 Å². The van der Waals surface area contributed by atoms with Crippen molar-refractivity contribution in [1.82, 2.24) is 9.97 Å². The molecule has 4 rings (SSSR count). The molecule has 0 spiro atoms. The van der Waals surface area contributed by atoms with Crippen LogP contribution in [0.4, 0.5) is 0 Å². The van der Waals surface area contributed by atoms with Crippen LogP contribution in [-0.4, -0.2) is 9.97 Å². The van der Waals surface area contributed by atoms with Crippen LogP contribution in [0.3, 0.4) is 0 Å². The van der Waals surface area contributed by atoms with E-state index in [4.69, 9.17) is 9.97 Å². The van der Waals surface area contributed by atoms with Gasteiger partial charge in [-0.2, -0.15) is 0 Å². The number of nitrogens with zero attached hydrogens (tertiary/aromatic N) is 2. The van der Waals surface area contributed by atoms with E-state index in [0.717, 1.165) is 33.9 Å². The molecule has 0 saturated carbocycles. The van der Waals surface area contributed by atoms with Crippen LogP contribution in [0.5, 0.6) is 0 Å². The molecule has 0 aliphatic heterocycles. The first-order valence-electron chi connectivity index (χ1n) is 9.78. The molecule has 3 aromatic carbocycles. The second kappa shape index (κ2) is 9.61.